The fourth-order valence-electron chi connectivity index (χ4n) is 5.84. The topological polar surface area (TPSA) is 106 Å². The molecule has 228 valence electrons. The van der Waals surface area contributed by atoms with Crippen LogP contribution >= 0.6 is 11.6 Å². The molecule has 2 N–H and O–H groups in total. The number of aryl methyl sites for hydroxylation is 1. The summed E-state index contributed by atoms with van der Waals surface area (Å²) < 4.78 is 71.0. The fraction of sp³-hybridized carbons (Fsp3) is 0.593. The van der Waals surface area contributed by atoms with E-state index in [1.807, 2.05) is 6.92 Å². The van der Waals surface area contributed by atoms with Gasteiger partial charge in [0.05, 0.1) is 29.5 Å². The molecule has 3 aromatic heterocycles. The third kappa shape index (κ3) is 6.37. The number of nitrogens with one attached hydrogen (secondary N) is 2. The zero-order valence-corrected chi connectivity index (χ0v) is 23.6. The van der Waals surface area contributed by atoms with Crippen LogP contribution in [0.25, 0.3) is 5.65 Å². The second-order valence-electron chi connectivity index (χ2n) is 11.0. The average Bonchev–Trinajstić information content (AvgIpc) is 3.58. The molecule has 0 radical (unpaired) electrons. The van der Waals surface area contributed by atoms with Crippen LogP contribution in [0.5, 0.6) is 0 Å². The van der Waals surface area contributed by atoms with Crippen molar-refractivity contribution in [3.63, 3.8) is 0 Å². The third-order valence-corrected chi connectivity index (χ3v) is 8.52. The zero-order chi connectivity index (χ0) is 30.2. The van der Waals surface area contributed by atoms with Gasteiger partial charge in [0.2, 0.25) is 11.8 Å². The monoisotopic (exact) mass is 615 g/mol. The summed E-state index contributed by atoms with van der Waals surface area (Å²) in [5, 5.41) is 14.0. The highest BCUT2D eigenvalue weighted by molar-refractivity contribution is 6.17. The number of nitrogens with zero attached hydrogens (tertiary/aromatic N) is 5. The third-order valence-electron chi connectivity index (χ3n) is 8.23. The summed E-state index contributed by atoms with van der Waals surface area (Å²) in [6, 6.07) is 2.50. The Bertz CT molecular complexity index is 1450. The molecule has 2 amide bonds. The maximum atomic E-state index is 14.0. The number of imidazole rings is 1. The minimum absolute atomic E-state index is 0.0169. The van der Waals surface area contributed by atoms with Crippen molar-refractivity contribution in [1.82, 2.24) is 35.0 Å². The molecule has 5 rings (SSSR count). The van der Waals surface area contributed by atoms with Gasteiger partial charge in [-0.1, -0.05) is 0 Å². The molecule has 1 aliphatic carbocycles. The van der Waals surface area contributed by atoms with Crippen LogP contribution in [0, 0.1) is 17.8 Å². The highest BCUT2D eigenvalue weighted by Crippen LogP contribution is 2.41. The fourth-order valence-corrected chi connectivity index (χ4v) is 6.07. The van der Waals surface area contributed by atoms with Gasteiger partial charge in [0, 0.05) is 50.3 Å². The normalized spacial score (nSPS) is 22.2. The van der Waals surface area contributed by atoms with Crippen LogP contribution in [0.1, 0.15) is 72.5 Å². The van der Waals surface area contributed by atoms with Crippen molar-refractivity contribution >= 4 is 29.1 Å². The number of piperidine rings is 1. The summed E-state index contributed by atoms with van der Waals surface area (Å²) in [5.74, 6) is -6.61. The number of rotatable bonds is 8. The summed E-state index contributed by atoms with van der Waals surface area (Å²) in [5.41, 5.74) is 1.95. The molecule has 1 saturated heterocycles. The number of hydrogen-bond donors (Lipinski definition) is 2. The lowest BCUT2D eigenvalue weighted by atomic mass is 9.81. The van der Waals surface area contributed by atoms with Crippen LogP contribution in [0.4, 0.5) is 22.0 Å². The molecule has 1 aliphatic heterocycles. The molecular weight excluding hydrogens is 585 g/mol. The standard InChI is InChI=1S/C27H31ClF5N7O2/c1-2-39-21(5-8-35-39)25(42)37-23(15-3-6-26(29,30)7-4-15)20-14-40-22(36-20)11-17(12-28)19(38-40)10-16-9-18(27(31,32)33)13-34-24(16)41/h5,8,11,14-16,18,23H,2-4,6-7,9-10,12-13H2,1H3,(H,34,41)(H,37,42)/t16?,18-,23+/m1/s1. The van der Waals surface area contributed by atoms with Crippen molar-refractivity contribution in [1.29, 1.82) is 0 Å². The van der Waals surface area contributed by atoms with Gasteiger partial charge in [-0.05, 0) is 49.8 Å². The largest absolute Gasteiger partial charge is 0.393 e. The Balaban J connectivity index is 1.45. The minimum atomic E-state index is -4.44. The smallest absolute Gasteiger partial charge is 0.355 e. The van der Waals surface area contributed by atoms with Crippen LogP contribution in [-0.4, -0.2) is 54.8 Å². The predicted octanol–water partition coefficient (Wildman–Crippen LogP) is 4.84. The Hall–Kier alpha value is -3.29. The van der Waals surface area contributed by atoms with Crippen molar-refractivity contribution in [2.75, 3.05) is 6.54 Å². The van der Waals surface area contributed by atoms with E-state index in [4.69, 9.17) is 11.6 Å². The van der Waals surface area contributed by atoms with Gasteiger partial charge in [-0.25, -0.2) is 18.3 Å². The van der Waals surface area contributed by atoms with E-state index in [2.05, 4.69) is 25.8 Å². The Labute approximate surface area is 243 Å². The van der Waals surface area contributed by atoms with Crippen LogP contribution in [0.2, 0.25) is 0 Å². The highest BCUT2D eigenvalue weighted by atomic mass is 35.5. The Morgan fingerprint density at radius 2 is 2.02 bits per heavy atom. The lowest BCUT2D eigenvalue weighted by molar-refractivity contribution is -0.183. The number of aromatic nitrogens is 5. The number of carbonyl (C=O) groups excluding carboxylic acids is 2. The predicted molar refractivity (Wildman–Crippen MR) is 142 cm³/mol. The Morgan fingerprint density at radius 1 is 1.29 bits per heavy atom. The van der Waals surface area contributed by atoms with E-state index < -0.39 is 48.3 Å². The van der Waals surface area contributed by atoms with Crippen molar-refractivity contribution in [3.05, 3.63) is 47.2 Å². The molecule has 1 saturated carbocycles. The van der Waals surface area contributed by atoms with Gasteiger partial charge in [0.25, 0.3) is 5.91 Å². The van der Waals surface area contributed by atoms with Gasteiger partial charge in [-0.3, -0.25) is 14.3 Å². The van der Waals surface area contributed by atoms with Crippen molar-refractivity contribution in [2.45, 2.75) is 76.0 Å². The molecule has 1 unspecified atom stereocenters. The summed E-state index contributed by atoms with van der Waals surface area (Å²) in [6.07, 6.45) is -2.06. The average molecular weight is 616 g/mol. The van der Waals surface area contributed by atoms with Gasteiger partial charge in [0.15, 0.2) is 5.65 Å². The molecule has 3 aromatic rings. The van der Waals surface area contributed by atoms with Crippen LogP contribution < -0.4 is 10.6 Å². The lowest BCUT2D eigenvalue weighted by Gasteiger charge is -2.33. The summed E-state index contributed by atoms with van der Waals surface area (Å²) in [6.45, 7) is 1.84. The first-order valence-corrected chi connectivity index (χ1v) is 14.4. The molecule has 4 heterocycles. The number of halogens is 6. The zero-order valence-electron chi connectivity index (χ0n) is 22.8. The SMILES string of the molecule is CCn1nccc1C(=O)N[C@H](c1cn2nc(CC3C[C@@H](C(F)(F)F)CNC3=O)c(CCl)cc2n1)C1CCC(F)(F)CC1. The second-order valence-corrected chi connectivity index (χ2v) is 11.3. The molecule has 0 bridgehead atoms. The number of amides is 2. The van der Waals surface area contributed by atoms with Gasteiger partial charge >= 0.3 is 6.18 Å². The molecule has 9 nitrogen and oxygen atoms in total. The molecular formula is C27H31ClF5N7O2. The first-order valence-electron chi connectivity index (χ1n) is 13.9. The summed E-state index contributed by atoms with van der Waals surface area (Å²) in [4.78, 5) is 30.3. The van der Waals surface area contributed by atoms with Crippen molar-refractivity contribution in [3.8, 4) is 0 Å². The van der Waals surface area contributed by atoms with E-state index in [1.54, 1.807) is 18.3 Å². The number of carbonyl (C=O) groups is 2. The minimum Gasteiger partial charge on any atom is -0.355 e. The van der Waals surface area contributed by atoms with Crippen molar-refractivity contribution in [2.24, 2.45) is 17.8 Å². The first kappa shape index (κ1) is 30.2. The van der Waals surface area contributed by atoms with E-state index in [9.17, 15) is 31.5 Å². The van der Waals surface area contributed by atoms with E-state index in [-0.39, 0.29) is 50.3 Å². The maximum Gasteiger partial charge on any atom is 0.393 e. The lowest BCUT2D eigenvalue weighted by Crippen LogP contribution is -2.47. The Kier molecular flexibility index (Phi) is 8.46. The van der Waals surface area contributed by atoms with E-state index in [1.165, 1.54) is 15.4 Å². The number of alkyl halides is 6. The van der Waals surface area contributed by atoms with Crippen LogP contribution in [-0.2, 0) is 23.6 Å². The second kappa shape index (κ2) is 11.8. The van der Waals surface area contributed by atoms with Gasteiger partial charge in [-0.2, -0.15) is 23.4 Å². The summed E-state index contributed by atoms with van der Waals surface area (Å²) in [7, 11) is 0. The summed E-state index contributed by atoms with van der Waals surface area (Å²) >= 11 is 6.17. The van der Waals surface area contributed by atoms with E-state index >= 15 is 0 Å². The van der Waals surface area contributed by atoms with Gasteiger partial charge < -0.3 is 10.6 Å². The van der Waals surface area contributed by atoms with Gasteiger partial charge in [0.1, 0.15) is 5.69 Å². The number of hydrogen-bond acceptors (Lipinski definition) is 5. The van der Waals surface area contributed by atoms with Crippen molar-refractivity contribution < 1.29 is 31.5 Å². The molecule has 0 spiro atoms. The van der Waals surface area contributed by atoms with E-state index in [0.717, 1.165) is 0 Å². The molecule has 15 heteroatoms. The highest BCUT2D eigenvalue weighted by Gasteiger charge is 2.45. The molecule has 0 aromatic carbocycles. The van der Waals surface area contributed by atoms with Crippen LogP contribution in [0.3, 0.4) is 0 Å². The quantitative estimate of drug-likeness (QED) is 0.279. The molecule has 42 heavy (non-hydrogen) atoms. The molecule has 2 fully saturated rings. The maximum absolute atomic E-state index is 14.0. The first-order chi connectivity index (χ1) is 19.9. The molecule has 3 atom stereocenters. The Morgan fingerprint density at radius 3 is 2.69 bits per heavy atom. The van der Waals surface area contributed by atoms with Gasteiger partial charge in [-0.15, -0.1) is 11.6 Å². The molecule has 2 aliphatic rings. The van der Waals surface area contributed by atoms with Crippen LogP contribution in [0.15, 0.2) is 24.5 Å². The van der Waals surface area contributed by atoms with E-state index in [0.29, 0.717) is 34.8 Å². The number of fused-ring (bicyclic) bond motifs is 1.